The van der Waals surface area contributed by atoms with E-state index >= 15 is 0 Å². The standard InChI is InChI=1S/C25H25N5O/c1-18(2)19-9-10-26-25(13-19)30-24-15-23(8-7-20(24)16-27-30)31-22-6-4-5-21(14-22)29-12-11-28(3)17-29/h4-16,18H,17H2,1-3H3. The van der Waals surface area contributed by atoms with Gasteiger partial charge in [-0.3, -0.25) is 0 Å². The van der Waals surface area contributed by atoms with Gasteiger partial charge in [-0.1, -0.05) is 19.9 Å². The van der Waals surface area contributed by atoms with Gasteiger partial charge >= 0.3 is 0 Å². The number of rotatable bonds is 5. The number of benzene rings is 2. The van der Waals surface area contributed by atoms with Crippen molar-refractivity contribution in [2.45, 2.75) is 19.8 Å². The highest BCUT2D eigenvalue weighted by molar-refractivity contribution is 5.81. The van der Waals surface area contributed by atoms with Crippen LogP contribution in [-0.2, 0) is 0 Å². The van der Waals surface area contributed by atoms with E-state index < -0.39 is 0 Å². The number of hydrogen-bond acceptors (Lipinski definition) is 5. The topological polar surface area (TPSA) is 46.4 Å². The van der Waals surface area contributed by atoms with Crippen LogP contribution in [0.2, 0.25) is 0 Å². The predicted molar refractivity (Wildman–Crippen MR) is 124 cm³/mol. The Kier molecular flexibility index (Phi) is 4.82. The van der Waals surface area contributed by atoms with Crippen molar-refractivity contribution in [3.8, 4) is 17.3 Å². The number of fused-ring (bicyclic) bond motifs is 1. The van der Waals surface area contributed by atoms with E-state index in [0.717, 1.165) is 40.6 Å². The minimum Gasteiger partial charge on any atom is -0.457 e. The van der Waals surface area contributed by atoms with Crippen molar-refractivity contribution in [1.82, 2.24) is 19.7 Å². The predicted octanol–water partition coefficient (Wildman–Crippen LogP) is 5.52. The molecule has 4 aromatic rings. The van der Waals surface area contributed by atoms with E-state index in [-0.39, 0.29) is 0 Å². The quantitative estimate of drug-likeness (QED) is 0.433. The highest BCUT2D eigenvalue weighted by Gasteiger charge is 2.13. The van der Waals surface area contributed by atoms with Gasteiger partial charge in [0.05, 0.1) is 18.4 Å². The number of aromatic nitrogens is 3. The van der Waals surface area contributed by atoms with E-state index in [4.69, 9.17) is 4.74 Å². The average Bonchev–Trinajstić information content (AvgIpc) is 3.40. The van der Waals surface area contributed by atoms with E-state index in [1.807, 2.05) is 47.4 Å². The maximum absolute atomic E-state index is 6.21. The lowest BCUT2D eigenvalue weighted by Gasteiger charge is -2.19. The Bertz CT molecular complexity index is 1260. The molecule has 156 valence electrons. The largest absolute Gasteiger partial charge is 0.457 e. The van der Waals surface area contributed by atoms with Crippen molar-refractivity contribution in [3.05, 3.63) is 85.0 Å². The molecule has 0 amide bonds. The summed E-state index contributed by atoms with van der Waals surface area (Å²) in [6.45, 7) is 5.18. The van der Waals surface area contributed by atoms with Gasteiger partial charge in [-0.2, -0.15) is 5.10 Å². The molecule has 6 nitrogen and oxygen atoms in total. The molecule has 6 heteroatoms. The monoisotopic (exact) mass is 411 g/mol. The summed E-state index contributed by atoms with van der Waals surface area (Å²) in [5.74, 6) is 2.80. The molecule has 0 spiro atoms. The smallest absolute Gasteiger partial charge is 0.154 e. The van der Waals surface area contributed by atoms with Crippen LogP contribution in [0.3, 0.4) is 0 Å². The van der Waals surface area contributed by atoms with Crippen LogP contribution in [0.5, 0.6) is 11.5 Å². The van der Waals surface area contributed by atoms with Gasteiger partial charge in [0.1, 0.15) is 11.5 Å². The second kappa shape index (κ2) is 7.80. The van der Waals surface area contributed by atoms with Crippen molar-refractivity contribution in [1.29, 1.82) is 0 Å². The Morgan fingerprint density at radius 3 is 2.65 bits per heavy atom. The van der Waals surface area contributed by atoms with Crippen molar-refractivity contribution >= 4 is 16.6 Å². The summed E-state index contributed by atoms with van der Waals surface area (Å²) in [6.07, 6.45) is 7.83. The fraction of sp³-hybridized carbons (Fsp3) is 0.200. The van der Waals surface area contributed by atoms with Crippen molar-refractivity contribution in [2.24, 2.45) is 0 Å². The first-order chi connectivity index (χ1) is 15.1. The molecule has 0 atom stereocenters. The number of pyridine rings is 1. The Balaban J connectivity index is 1.45. The summed E-state index contributed by atoms with van der Waals surface area (Å²) in [6, 6.07) is 18.3. The highest BCUT2D eigenvalue weighted by atomic mass is 16.5. The number of nitrogens with zero attached hydrogens (tertiary/aromatic N) is 5. The van der Waals surface area contributed by atoms with Gasteiger partial charge < -0.3 is 14.5 Å². The minimum absolute atomic E-state index is 0.431. The molecule has 0 bridgehead atoms. The van der Waals surface area contributed by atoms with Gasteiger partial charge in [0.2, 0.25) is 0 Å². The minimum atomic E-state index is 0.431. The van der Waals surface area contributed by atoms with E-state index in [2.05, 4.69) is 77.4 Å². The number of anilines is 1. The summed E-state index contributed by atoms with van der Waals surface area (Å²) < 4.78 is 8.08. The van der Waals surface area contributed by atoms with Gasteiger partial charge in [0.25, 0.3) is 0 Å². The summed E-state index contributed by atoms with van der Waals surface area (Å²) in [5, 5.41) is 5.61. The molecule has 31 heavy (non-hydrogen) atoms. The molecule has 1 aliphatic rings. The molecule has 1 aliphatic heterocycles. The molecule has 0 fully saturated rings. The second-order valence-electron chi connectivity index (χ2n) is 8.14. The van der Waals surface area contributed by atoms with Gasteiger partial charge in [-0.15, -0.1) is 0 Å². The summed E-state index contributed by atoms with van der Waals surface area (Å²) in [5.41, 5.74) is 3.30. The van der Waals surface area contributed by atoms with Gasteiger partial charge in [-0.25, -0.2) is 9.67 Å². The highest BCUT2D eigenvalue weighted by Crippen LogP contribution is 2.30. The first-order valence-corrected chi connectivity index (χ1v) is 10.4. The molecular formula is C25H25N5O. The van der Waals surface area contributed by atoms with Gasteiger partial charge in [0, 0.05) is 48.9 Å². The van der Waals surface area contributed by atoms with Crippen LogP contribution in [0.1, 0.15) is 25.3 Å². The number of ether oxygens (including phenoxy) is 1. The van der Waals surface area contributed by atoms with E-state index in [9.17, 15) is 0 Å². The fourth-order valence-electron chi connectivity index (χ4n) is 3.71. The van der Waals surface area contributed by atoms with E-state index in [1.165, 1.54) is 5.56 Å². The van der Waals surface area contributed by atoms with Crippen LogP contribution < -0.4 is 9.64 Å². The van der Waals surface area contributed by atoms with Crippen LogP contribution in [-0.4, -0.2) is 33.4 Å². The van der Waals surface area contributed by atoms with Crippen molar-refractivity contribution < 1.29 is 4.74 Å². The lowest BCUT2D eigenvalue weighted by atomic mass is 10.1. The molecule has 5 rings (SSSR count). The van der Waals surface area contributed by atoms with Crippen LogP contribution in [0.4, 0.5) is 5.69 Å². The third-order valence-corrected chi connectivity index (χ3v) is 5.46. The first-order valence-electron chi connectivity index (χ1n) is 10.4. The van der Waals surface area contributed by atoms with E-state index in [0.29, 0.717) is 5.92 Å². The van der Waals surface area contributed by atoms with Crippen molar-refractivity contribution in [2.75, 3.05) is 18.6 Å². The average molecular weight is 412 g/mol. The SMILES string of the molecule is CC(C)c1ccnc(-n2ncc3ccc(Oc4cccc(N5C=CN(C)C5)c4)cc32)c1. The lowest BCUT2D eigenvalue weighted by molar-refractivity contribution is 0.481. The second-order valence-corrected chi connectivity index (χ2v) is 8.14. The Labute approximate surface area is 182 Å². The first kappa shape index (κ1) is 19.2. The zero-order valence-corrected chi connectivity index (χ0v) is 17.9. The van der Waals surface area contributed by atoms with Gasteiger partial charge in [0.15, 0.2) is 5.82 Å². The molecular weight excluding hydrogens is 386 g/mol. The molecule has 0 unspecified atom stereocenters. The van der Waals surface area contributed by atoms with Gasteiger partial charge in [-0.05, 0) is 47.9 Å². The molecule has 0 aliphatic carbocycles. The zero-order valence-electron chi connectivity index (χ0n) is 17.9. The maximum atomic E-state index is 6.21. The molecule has 0 saturated heterocycles. The Morgan fingerprint density at radius 1 is 0.968 bits per heavy atom. The normalized spacial score (nSPS) is 13.5. The molecule has 0 saturated carbocycles. The third kappa shape index (κ3) is 3.84. The Morgan fingerprint density at radius 2 is 1.84 bits per heavy atom. The molecule has 3 heterocycles. The fourth-order valence-corrected chi connectivity index (χ4v) is 3.71. The molecule has 2 aromatic carbocycles. The number of hydrogen-bond donors (Lipinski definition) is 0. The molecule has 0 radical (unpaired) electrons. The van der Waals surface area contributed by atoms with Crippen LogP contribution in [0.15, 0.2) is 79.4 Å². The van der Waals surface area contributed by atoms with E-state index in [1.54, 1.807) is 0 Å². The maximum Gasteiger partial charge on any atom is 0.154 e. The Hall–Kier alpha value is -3.80. The third-order valence-electron chi connectivity index (χ3n) is 5.46. The van der Waals surface area contributed by atoms with Crippen LogP contribution in [0.25, 0.3) is 16.7 Å². The summed E-state index contributed by atoms with van der Waals surface area (Å²) in [7, 11) is 2.06. The van der Waals surface area contributed by atoms with Crippen molar-refractivity contribution in [3.63, 3.8) is 0 Å². The zero-order chi connectivity index (χ0) is 21.4. The van der Waals surface area contributed by atoms with Crippen LogP contribution in [0, 0.1) is 0 Å². The van der Waals surface area contributed by atoms with Crippen LogP contribution >= 0.6 is 0 Å². The lowest BCUT2D eigenvalue weighted by Crippen LogP contribution is -2.21. The summed E-state index contributed by atoms with van der Waals surface area (Å²) >= 11 is 0. The molecule has 0 N–H and O–H groups in total. The molecule has 2 aromatic heterocycles. The summed E-state index contributed by atoms with van der Waals surface area (Å²) in [4.78, 5) is 8.84.